The van der Waals surface area contributed by atoms with Crippen LogP contribution < -0.4 is 4.74 Å². The summed E-state index contributed by atoms with van der Waals surface area (Å²) in [6, 6.07) is 6.10. The summed E-state index contributed by atoms with van der Waals surface area (Å²) in [4.78, 5) is 2.42. The summed E-state index contributed by atoms with van der Waals surface area (Å²) in [5.41, 5.74) is 0.814. The number of piperidine rings is 1. The molecule has 3 nitrogen and oxygen atoms in total. The molecule has 1 N–H and O–H groups in total. The predicted molar refractivity (Wildman–Crippen MR) is 82.5 cm³/mol. The van der Waals surface area contributed by atoms with E-state index < -0.39 is 6.10 Å². The summed E-state index contributed by atoms with van der Waals surface area (Å²) in [6.45, 7) is 3.60. The summed E-state index contributed by atoms with van der Waals surface area (Å²) in [5.74, 6) is 0.703. The van der Waals surface area contributed by atoms with Crippen molar-refractivity contribution >= 4 is 11.6 Å². The normalized spacial score (nSPS) is 21.7. The summed E-state index contributed by atoms with van der Waals surface area (Å²) < 4.78 is 5.78. The molecule has 1 aliphatic rings. The zero-order valence-electron chi connectivity index (χ0n) is 12.3. The molecule has 0 aliphatic carbocycles. The van der Waals surface area contributed by atoms with Crippen molar-refractivity contribution in [2.75, 3.05) is 20.2 Å². The number of aliphatic hydroxyl groups excluding tert-OH is 1. The van der Waals surface area contributed by atoms with Gasteiger partial charge in [0.1, 0.15) is 5.75 Å². The average Bonchev–Trinajstić information content (AvgIpc) is 2.42. The third-order valence-corrected chi connectivity index (χ3v) is 4.36. The smallest absolute Gasteiger partial charge is 0.137 e. The van der Waals surface area contributed by atoms with Crippen molar-refractivity contribution in [3.8, 4) is 5.75 Å². The van der Waals surface area contributed by atoms with E-state index in [1.165, 1.54) is 25.8 Å². The van der Waals surface area contributed by atoms with Gasteiger partial charge in [-0.25, -0.2) is 0 Å². The van der Waals surface area contributed by atoms with Crippen LogP contribution in [0.1, 0.15) is 44.3 Å². The molecule has 0 radical (unpaired) electrons. The van der Waals surface area contributed by atoms with E-state index in [0.29, 0.717) is 23.4 Å². The van der Waals surface area contributed by atoms with E-state index in [4.69, 9.17) is 16.3 Å². The van der Waals surface area contributed by atoms with E-state index in [-0.39, 0.29) is 0 Å². The Balaban J connectivity index is 1.84. The Labute approximate surface area is 126 Å². The van der Waals surface area contributed by atoms with Crippen molar-refractivity contribution < 1.29 is 9.84 Å². The van der Waals surface area contributed by atoms with Crippen molar-refractivity contribution in [2.24, 2.45) is 0 Å². The number of nitrogens with zero attached hydrogens (tertiary/aromatic N) is 1. The lowest BCUT2D eigenvalue weighted by Crippen LogP contribution is -2.37. The predicted octanol–water partition coefficient (Wildman–Crippen LogP) is 3.65. The standard InChI is InChI=1S/C16H24ClNO2/c1-12(19)13-6-7-16(15(17)11-13)20-10-8-14-5-3-4-9-18(14)2/h6-7,11-12,14,19H,3-5,8-10H2,1-2H3/t12-,14?/m0/s1. The van der Waals surface area contributed by atoms with E-state index in [1.807, 2.05) is 12.1 Å². The molecule has 1 heterocycles. The molecule has 1 aromatic rings. The van der Waals surface area contributed by atoms with Gasteiger partial charge in [0, 0.05) is 6.04 Å². The van der Waals surface area contributed by atoms with Gasteiger partial charge in [-0.1, -0.05) is 24.1 Å². The first-order chi connectivity index (χ1) is 9.58. The average molecular weight is 298 g/mol. The van der Waals surface area contributed by atoms with Crippen LogP contribution in [0.5, 0.6) is 5.75 Å². The van der Waals surface area contributed by atoms with Crippen molar-refractivity contribution in [1.82, 2.24) is 4.90 Å². The number of benzene rings is 1. The highest BCUT2D eigenvalue weighted by Crippen LogP contribution is 2.28. The minimum Gasteiger partial charge on any atom is -0.492 e. The second-order valence-electron chi connectivity index (χ2n) is 5.63. The minimum absolute atomic E-state index is 0.502. The van der Waals surface area contributed by atoms with Crippen LogP contribution in [-0.4, -0.2) is 36.2 Å². The lowest BCUT2D eigenvalue weighted by Gasteiger charge is -2.32. The zero-order valence-corrected chi connectivity index (χ0v) is 13.1. The van der Waals surface area contributed by atoms with Crippen LogP contribution in [0.4, 0.5) is 0 Å². The SMILES string of the molecule is C[C@H](O)c1ccc(OCCC2CCCCN2C)c(Cl)c1. The Morgan fingerprint density at radius 3 is 2.90 bits per heavy atom. The summed E-state index contributed by atoms with van der Waals surface area (Å²) in [5, 5.41) is 10.1. The molecule has 20 heavy (non-hydrogen) atoms. The molecule has 0 amide bonds. The molecule has 2 rings (SSSR count). The van der Waals surface area contributed by atoms with Crippen LogP contribution in [0.15, 0.2) is 18.2 Å². The number of hydrogen-bond acceptors (Lipinski definition) is 3. The van der Waals surface area contributed by atoms with Crippen LogP contribution in [0.25, 0.3) is 0 Å². The maximum absolute atomic E-state index is 9.51. The van der Waals surface area contributed by atoms with Gasteiger partial charge >= 0.3 is 0 Å². The highest BCUT2D eigenvalue weighted by atomic mass is 35.5. The molecule has 1 aromatic carbocycles. The maximum Gasteiger partial charge on any atom is 0.137 e. The Morgan fingerprint density at radius 2 is 2.25 bits per heavy atom. The fourth-order valence-electron chi connectivity index (χ4n) is 2.71. The fraction of sp³-hybridized carbons (Fsp3) is 0.625. The van der Waals surface area contributed by atoms with Gasteiger partial charge in [0.15, 0.2) is 0 Å². The monoisotopic (exact) mass is 297 g/mol. The summed E-state index contributed by atoms with van der Waals surface area (Å²) >= 11 is 6.18. The minimum atomic E-state index is -0.502. The van der Waals surface area contributed by atoms with Crippen molar-refractivity contribution in [3.05, 3.63) is 28.8 Å². The number of aliphatic hydroxyl groups is 1. The van der Waals surface area contributed by atoms with E-state index >= 15 is 0 Å². The molecule has 1 fully saturated rings. The zero-order chi connectivity index (χ0) is 14.5. The highest BCUT2D eigenvalue weighted by Gasteiger charge is 2.18. The van der Waals surface area contributed by atoms with E-state index in [9.17, 15) is 5.11 Å². The van der Waals surface area contributed by atoms with Crippen molar-refractivity contribution in [2.45, 2.75) is 44.8 Å². The quantitative estimate of drug-likeness (QED) is 0.900. The Bertz CT molecular complexity index is 436. The molecule has 112 valence electrons. The summed E-state index contributed by atoms with van der Waals surface area (Å²) in [7, 11) is 2.19. The molecule has 1 unspecified atom stereocenters. The lowest BCUT2D eigenvalue weighted by molar-refractivity contribution is 0.153. The highest BCUT2D eigenvalue weighted by molar-refractivity contribution is 6.32. The molecule has 0 bridgehead atoms. The van der Waals surface area contributed by atoms with Crippen LogP contribution in [0.2, 0.25) is 5.02 Å². The molecule has 1 aliphatic heterocycles. The first kappa shape index (κ1) is 15.6. The number of ether oxygens (including phenoxy) is 1. The van der Waals surface area contributed by atoms with E-state index in [0.717, 1.165) is 12.0 Å². The number of rotatable bonds is 5. The second kappa shape index (κ2) is 7.30. The summed E-state index contributed by atoms with van der Waals surface area (Å²) in [6.07, 6.45) is 4.41. The molecule has 1 saturated heterocycles. The van der Waals surface area contributed by atoms with Gasteiger partial charge in [-0.15, -0.1) is 0 Å². The molecular formula is C16H24ClNO2. The van der Waals surface area contributed by atoms with Crippen molar-refractivity contribution in [1.29, 1.82) is 0 Å². The molecule has 0 spiro atoms. The van der Waals surface area contributed by atoms with Crippen LogP contribution >= 0.6 is 11.6 Å². The Morgan fingerprint density at radius 1 is 1.45 bits per heavy atom. The third kappa shape index (κ3) is 4.11. The van der Waals surface area contributed by atoms with Crippen molar-refractivity contribution in [3.63, 3.8) is 0 Å². The van der Waals surface area contributed by atoms with E-state index in [1.54, 1.807) is 13.0 Å². The molecule has 0 saturated carbocycles. The number of halogens is 1. The lowest BCUT2D eigenvalue weighted by atomic mass is 10.0. The topological polar surface area (TPSA) is 32.7 Å². The van der Waals surface area contributed by atoms with Crippen LogP contribution in [0.3, 0.4) is 0 Å². The molecule has 2 atom stereocenters. The Hall–Kier alpha value is -0.770. The molecule has 0 aromatic heterocycles. The van der Waals surface area contributed by atoms with Gasteiger partial charge in [-0.05, 0) is 57.5 Å². The van der Waals surface area contributed by atoms with Gasteiger partial charge in [-0.2, -0.15) is 0 Å². The maximum atomic E-state index is 9.51. The molecule has 4 heteroatoms. The Kier molecular flexibility index (Phi) is 5.70. The number of hydrogen-bond donors (Lipinski definition) is 1. The van der Waals surface area contributed by atoms with Gasteiger partial charge in [0.05, 0.1) is 17.7 Å². The van der Waals surface area contributed by atoms with E-state index in [2.05, 4.69) is 11.9 Å². The first-order valence-electron chi connectivity index (χ1n) is 7.38. The molecular weight excluding hydrogens is 274 g/mol. The van der Waals surface area contributed by atoms with Gasteiger partial charge in [-0.3, -0.25) is 0 Å². The fourth-order valence-corrected chi connectivity index (χ4v) is 2.95. The third-order valence-electron chi connectivity index (χ3n) is 4.07. The van der Waals surface area contributed by atoms with Crippen LogP contribution in [-0.2, 0) is 0 Å². The first-order valence-corrected chi connectivity index (χ1v) is 7.76. The van der Waals surface area contributed by atoms with Crippen LogP contribution in [0, 0.1) is 0 Å². The second-order valence-corrected chi connectivity index (χ2v) is 6.04. The van der Waals surface area contributed by atoms with Gasteiger partial charge in [0.25, 0.3) is 0 Å². The number of likely N-dealkylation sites (tertiary alicyclic amines) is 1. The van der Waals surface area contributed by atoms with Gasteiger partial charge in [0.2, 0.25) is 0 Å². The van der Waals surface area contributed by atoms with Gasteiger partial charge < -0.3 is 14.7 Å². The largest absolute Gasteiger partial charge is 0.492 e.